The number of hydrogen-bond acceptors (Lipinski definition) is 3. The van der Waals surface area contributed by atoms with Crippen LogP contribution in [0.5, 0.6) is 0 Å². The molecule has 0 spiro atoms. The van der Waals surface area contributed by atoms with Gasteiger partial charge in [0.25, 0.3) is 0 Å². The van der Waals surface area contributed by atoms with Crippen LogP contribution in [0.3, 0.4) is 0 Å². The van der Waals surface area contributed by atoms with Crippen LogP contribution >= 0.6 is 11.6 Å². The van der Waals surface area contributed by atoms with Crippen LogP contribution in [-0.4, -0.2) is 22.4 Å². The monoisotopic (exact) mass is 171 g/mol. The molecule has 3 nitrogen and oxygen atoms in total. The number of nitrogens with zero attached hydrogens (tertiary/aromatic N) is 2. The van der Waals surface area contributed by atoms with Crippen LogP contribution in [0.25, 0.3) is 0 Å². The van der Waals surface area contributed by atoms with Crippen molar-refractivity contribution >= 4 is 11.6 Å². The fourth-order valence-corrected chi connectivity index (χ4v) is 0.822. The van der Waals surface area contributed by atoms with Gasteiger partial charge in [-0.25, -0.2) is 9.97 Å². The summed E-state index contributed by atoms with van der Waals surface area (Å²) in [5.74, 6) is 1.42. The summed E-state index contributed by atoms with van der Waals surface area (Å²) in [6, 6.07) is 1.80. The number of nitrogens with one attached hydrogen (secondary N) is 1. The van der Waals surface area contributed by atoms with Gasteiger partial charge in [0, 0.05) is 24.8 Å². The summed E-state index contributed by atoms with van der Waals surface area (Å²) in [6.07, 6.45) is 3.45. The average Bonchev–Trinajstić information content (AvgIpc) is 2.07. The summed E-state index contributed by atoms with van der Waals surface area (Å²) in [6.45, 7) is 1.48. The van der Waals surface area contributed by atoms with Gasteiger partial charge in [-0.1, -0.05) is 0 Å². The van der Waals surface area contributed by atoms with E-state index in [-0.39, 0.29) is 0 Å². The van der Waals surface area contributed by atoms with E-state index < -0.39 is 0 Å². The quantitative estimate of drug-likeness (QED) is 0.538. The number of alkyl halides is 1. The number of aromatic nitrogens is 2. The fraction of sp³-hybridized carbons (Fsp3) is 0.429. The minimum atomic E-state index is 0.618. The van der Waals surface area contributed by atoms with Crippen LogP contribution in [0.1, 0.15) is 5.82 Å². The Kier molecular flexibility index (Phi) is 3.86. The molecule has 1 heterocycles. The second-order valence-electron chi connectivity index (χ2n) is 2.03. The van der Waals surface area contributed by atoms with E-state index in [4.69, 9.17) is 11.6 Å². The lowest BCUT2D eigenvalue weighted by Gasteiger charge is -1.98. The van der Waals surface area contributed by atoms with Gasteiger partial charge >= 0.3 is 0 Å². The Morgan fingerprint density at radius 3 is 2.73 bits per heavy atom. The molecule has 0 fully saturated rings. The largest absolute Gasteiger partial charge is 0.309 e. The van der Waals surface area contributed by atoms with E-state index in [1.165, 1.54) is 0 Å². The number of hydrogen-bond donors (Lipinski definition) is 1. The molecule has 0 aliphatic heterocycles. The highest BCUT2D eigenvalue weighted by Gasteiger charge is 1.91. The molecule has 0 aliphatic carbocycles. The summed E-state index contributed by atoms with van der Waals surface area (Å²) in [5, 5.41) is 3.09. The SMILES string of the molecule is ClCCNCc1ncccn1. The molecule has 60 valence electrons. The van der Waals surface area contributed by atoms with Crippen molar-refractivity contribution in [2.24, 2.45) is 0 Å². The first-order valence-corrected chi connectivity index (χ1v) is 3.99. The molecule has 0 amide bonds. The van der Waals surface area contributed by atoms with Crippen molar-refractivity contribution in [2.75, 3.05) is 12.4 Å². The summed E-state index contributed by atoms with van der Waals surface area (Å²) >= 11 is 5.46. The van der Waals surface area contributed by atoms with E-state index in [0.29, 0.717) is 12.4 Å². The lowest BCUT2D eigenvalue weighted by atomic mass is 10.5. The molecule has 0 radical (unpaired) electrons. The molecule has 4 heteroatoms. The Morgan fingerprint density at radius 2 is 2.09 bits per heavy atom. The standard InChI is InChI=1S/C7H10ClN3/c8-2-5-9-6-7-10-3-1-4-11-7/h1,3-4,9H,2,5-6H2. The highest BCUT2D eigenvalue weighted by molar-refractivity contribution is 6.18. The van der Waals surface area contributed by atoms with Gasteiger partial charge < -0.3 is 5.32 Å². The summed E-state index contributed by atoms with van der Waals surface area (Å²) in [5.41, 5.74) is 0. The van der Waals surface area contributed by atoms with Gasteiger partial charge in [0.1, 0.15) is 5.82 Å². The molecular weight excluding hydrogens is 162 g/mol. The van der Waals surface area contributed by atoms with Crippen LogP contribution in [-0.2, 0) is 6.54 Å². The first kappa shape index (κ1) is 8.43. The van der Waals surface area contributed by atoms with Gasteiger partial charge in [-0.3, -0.25) is 0 Å². The van der Waals surface area contributed by atoms with Gasteiger partial charge in [0.05, 0.1) is 6.54 Å². The Balaban J connectivity index is 2.28. The van der Waals surface area contributed by atoms with E-state index in [1.807, 2.05) is 0 Å². The van der Waals surface area contributed by atoms with Crippen LogP contribution in [0, 0.1) is 0 Å². The second-order valence-corrected chi connectivity index (χ2v) is 2.41. The van der Waals surface area contributed by atoms with E-state index in [0.717, 1.165) is 12.4 Å². The number of rotatable bonds is 4. The maximum Gasteiger partial charge on any atom is 0.141 e. The lowest BCUT2D eigenvalue weighted by Crippen LogP contribution is -2.17. The van der Waals surface area contributed by atoms with E-state index in [2.05, 4.69) is 15.3 Å². The summed E-state index contributed by atoms with van der Waals surface area (Å²) in [4.78, 5) is 8.07. The van der Waals surface area contributed by atoms with E-state index in [1.54, 1.807) is 18.5 Å². The van der Waals surface area contributed by atoms with Crippen LogP contribution in [0.4, 0.5) is 0 Å². The molecule has 0 atom stereocenters. The van der Waals surface area contributed by atoms with Crippen molar-refractivity contribution in [1.82, 2.24) is 15.3 Å². The molecule has 11 heavy (non-hydrogen) atoms. The highest BCUT2D eigenvalue weighted by atomic mass is 35.5. The van der Waals surface area contributed by atoms with Gasteiger partial charge in [-0.15, -0.1) is 11.6 Å². The van der Waals surface area contributed by atoms with Gasteiger partial charge in [-0.2, -0.15) is 0 Å². The zero-order valence-corrected chi connectivity index (χ0v) is 6.88. The first-order chi connectivity index (χ1) is 5.43. The van der Waals surface area contributed by atoms with Crippen molar-refractivity contribution < 1.29 is 0 Å². The molecule has 1 aromatic rings. The Hall–Kier alpha value is -0.670. The van der Waals surface area contributed by atoms with Crippen LogP contribution < -0.4 is 5.32 Å². The third-order valence-electron chi connectivity index (χ3n) is 1.17. The molecule has 1 N–H and O–H groups in total. The second kappa shape index (κ2) is 5.04. The highest BCUT2D eigenvalue weighted by Crippen LogP contribution is 1.85. The van der Waals surface area contributed by atoms with Gasteiger partial charge in [-0.05, 0) is 6.07 Å². The molecule has 0 bridgehead atoms. The predicted octanol–water partition coefficient (Wildman–Crippen LogP) is 0.805. The van der Waals surface area contributed by atoms with Crippen molar-refractivity contribution in [1.29, 1.82) is 0 Å². The predicted molar refractivity (Wildman–Crippen MR) is 44.5 cm³/mol. The maximum absolute atomic E-state index is 5.46. The van der Waals surface area contributed by atoms with E-state index in [9.17, 15) is 0 Å². The molecule has 0 aromatic carbocycles. The molecule has 0 unspecified atom stereocenters. The summed E-state index contributed by atoms with van der Waals surface area (Å²) in [7, 11) is 0. The maximum atomic E-state index is 5.46. The first-order valence-electron chi connectivity index (χ1n) is 3.46. The topological polar surface area (TPSA) is 37.8 Å². The normalized spacial score (nSPS) is 9.91. The van der Waals surface area contributed by atoms with Gasteiger partial charge in [0.15, 0.2) is 0 Å². The van der Waals surface area contributed by atoms with Crippen molar-refractivity contribution in [3.8, 4) is 0 Å². The minimum absolute atomic E-state index is 0.618. The minimum Gasteiger partial charge on any atom is -0.309 e. The third-order valence-corrected chi connectivity index (χ3v) is 1.36. The average molecular weight is 172 g/mol. The zero-order chi connectivity index (χ0) is 7.94. The molecular formula is C7H10ClN3. The molecule has 0 aliphatic rings. The van der Waals surface area contributed by atoms with E-state index >= 15 is 0 Å². The van der Waals surface area contributed by atoms with Gasteiger partial charge in [0.2, 0.25) is 0 Å². The molecule has 0 saturated carbocycles. The zero-order valence-electron chi connectivity index (χ0n) is 6.13. The lowest BCUT2D eigenvalue weighted by molar-refractivity contribution is 0.693. The Labute approximate surface area is 70.8 Å². The van der Waals surface area contributed by atoms with Crippen LogP contribution in [0.2, 0.25) is 0 Å². The van der Waals surface area contributed by atoms with Crippen molar-refractivity contribution in [3.63, 3.8) is 0 Å². The smallest absolute Gasteiger partial charge is 0.141 e. The Bertz CT molecular complexity index is 190. The number of halogens is 1. The fourth-order valence-electron chi connectivity index (χ4n) is 0.688. The molecule has 0 saturated heterocycles. The molecule has 1 aromatic heterocycles. The third kappa shape index (κ3) is 3.30. The Morgan fingerprint density at radius 1 is 1.36 bits per heavy atom. The summed E-state index contributed by atoms with van der Waals surface area (Å²) < 4.78 is 0. The molecule has 1 rings (SSSR count). The van der Waals surface area contributed by atoms with Crippen molar-refractivity contribution in [3.05, 3.63) is 24.3 Å². The van der Waals surface area contributed by atoms with Crippen LogP contribution in [0.15, 0.2) is 18.5 Å². The van der Waals surface area contributed by atoms with Crippen molar-refractivity contribution in [2.45, 2.75) is 6.54 Å².